The molecule has 3 aromatic carbocycles. The van der Waals surface area contributed by atoms with Gasteiger partial charge in [0.05, 0.1) is 16.4 Å². The summed E-state index contributed by atoms with van der Waals surface area (Å²) in [5.74, 6) is 0.205. The van der Waals surface area contributed by atoms with Gasteiger partial charge in [0.15, 0.2) is 11.5 Å². The molecule has 1 fully saturated rings. The number of amides is 2. The van der Waals surface area contributed by atoms with E-state index in [1.165, 1.54) is 5.01 Å². The zero-order chi connectivity index (χ0) is 22.7. The Morgan fingerprint density at radius 2 is 1.78 bits per heavy atom. The molecule has 4 rings (SSSR count). The van der Waals surface area contributed by atoms with Crippen LogP contribution in [0.4, 0.5) is 5.69 Å². The molecule has 3 aromatic rings. The number of anilines is 1. The number of hydrogen-bond acceptors (Lipinski definition) is 4. The first kappa shape index (κ1) is 22.2. The van der Waals surface area contributed by atoms with Crippen molar-refractivity contribution in [3.8, 4) is 11.5 Å². The molecule has 0 aromatic heterocycles. The van der Waals surface area contributed by atoms with Crippen molar-refractivity contribution in [3.05, 3.63) is 92.0 Å². The SMILES string of the molecule is COc1cc(/C=C2/C(=O)NN(c3ccccc3)C2=O)cc(I)c1OCc1ccc(Cl)cc1. The van der Waals surface area contributed by atoms with Crippen molar-refractivity contribution in [1.82, 2.24) is 5.43 Å². The number of ether oxygens (including phenoxy) is 2. The predicted octanol–water partition coefficient (Wildman–Crippen LogP) is 4.99. The molecule has 0 spiro atoms. The summed E-state index contributed by atoms with van der Waals surface area (Å²) in [6.45, 7) is 0.344. The second-order valence-corrected chi connectivity index (χ2v) is 8.52. The van der Waals surface area contributed by atoms with E-state index >= 15 is 0 Å². The zero-order valence-electron chi connectivity index (χ0n) is 17.0. The number of para-hydroxylation sites is 1. The summed E-state index contributed by atoms with van der Waals surface area (Å²) in [4.78, 5) is 25.3. The Bertz CT molecular complexity index is 1200. The van der Waals surface area contributed by atoms with Gasteiger partial charge in [-0.1, -0.05) is 41.9 Å². The van der Waals surface area contributed by atoms with E-state index in [0.29, 0.717) is 34.4 Å². The molecule has 1 saturated heterocycles. The first-order valence-electron chi connectivity index (χ1n) is 9.63. The minimum atomic E-state index is -0.462. The third kappa shape index (κ3) is 4.73. The van der Waals surface area contributed by atoms with Crippen molar-refractivity contribution in [1.29, 1.82) is 0 Å². The van der Waals surface area contributed by atoms with E-state index in [1.807, 2.05) is 24.3 Å². The number of nitrogens with zero attached hydrogens (tertiary/aromatic N) is 1. The number of carbonyl (C=O) groups excluding carboxylic acids is 2. The topological polar surface area (TPSA) is 67.9 Å². The van der Waals surface area contributed by atoms with Crippen LogP contribution in [0, 0.1) is 3.57 Å². The molecular weight excluding hydrogens is 543 g/mol. The zero-order valence-corrected chi connectivity index (χ0v) is 19.9. The fraction of sp³-hybridized carbons (Fsp3) is 0.0833. The van der Waals surface area contributed by atoms with Crippen LogP contribution in [-0.4, -0.2) is 18.9 Å². The second kappa shape index (κ2) is 9.62. The molecular formula is C24H18ClIN2O4. The number of halogens is 2. The van der Waals surface area contributed by atoms with Crippen LogP contribution in [0.3, 0.4) is 0 Å². The summed E-state index contributed by atoms with van der Waals surface area (Å²) in [7, 11) is 1.54. The van der Waals surface area contributed by atoms with E-state index in [2.05, 4.69) is 28.0 Å². The molecule has 0 saturated carbocycles. The summed E-state index contributed by atoms with van der Waals surface area (Å²) >= 11 is 8.07. The summed E-state index contributed by atoms with van der Waals surface area (Å²) in [5.41, 5.74) is 4.85. The van der Waals surface area contributed by atoms with Crippen LogP contribution in [0.2, 0.25) is 5.02 Å². The van der Waals surface area contributed by atoms with Crippen LogP contribution in [0.25, 0.3) is 6.08 Å². The lowest BCUT2D eigenvalue weighted by atomic mass is 10.1. The third-order valence-electron chi connectivity index (χ3n) is 4.77. The Kier molecular flexibility index (Phi) is 6.66. The van der Waals surface area contributed by atoms with Crippen LogP contribution in [-0.2, 0) is 16.2 Å². The Labute approximate surface area is 203 Å². The number of nitrogens with one attached hydrogen (secondary N) is 1. The van der Waals surface area contributed by atoms with Gasteiger partial charge in [-0.15, -0.1) is 0 Å². The maximum Gasteiger partial charge on any atom is 0.282 e. The molecule has 0 aliphatic carbocycles. The van der Waals surface area contributed by atoms with Gasteiger partial charge in [0.25, 0.3) is 11.8 Å². The smallest absolute Gasteiger partial charge is 0.282 e. The quantitative estimate of drug-likeness (QED) is 0.262. The average molecular weight is 561 g/mol. The van der Waals surface area contributed by atoms with Crippen LogP contribution >= 0.6 is 34.2 Å². The van der Waals surface area contributed by atoms with Gasteiger partial charge in [0, 0.05) is 5.02 Å². The highest BCUT2D eigenvalue weighted by molar-refractivity contribution is 14.1. The number of carbonyl (C=O) groups is 2. The monoisotopic (exact) mass is 560 g/mol. The second-order valence-electron chi connectivity index (χ2n) is 6.92. The summed E-state index contributed by atoms with van der Waals surface area (Å²) in [5, 5.41) is 1.90. The maximum atomic E-state index is 12.8. The predicted molar refractivity (Wildman–Crippen MR) is 132 cm³/mol. The maximum absolute atomic E-state index is 12.8. The minimum Gasteiger partial charge on any atom is -0.493 e. The molecule has 32 heavy (non-hydrogen) atoms. The Morgan fingerprint density at radius 1 is 1.06 bits per heavy atom. The van der Waals surface area contributed by atoms with Crippen LogP contribution in [0.15, 0.2) is 72.3 Å². The highest BCUT2D eigenvalue weighted by Crippen LogP contribution is 2.35. The van der Waals surface area contributed by atoms with Crippen LogP contribution in [0.5, 0.6) is 11.5 Å². The van der Waals surface area contributed by atoms with Gasteiger partial charge in [-0.2, -0.15) is 0 Å². The number of hydrazine groups is 1. The van der Waals surface area contributed by atoms with E-state index in [-0.39, 0.29) is 5.57 Å². The Hall–Kier alpha value is -3.04. The molecule has 6 nitrogen and oxygen atoms in total. The number of methoxy groups -OCH3 is 1. The number of rotatable bonds is 6. The molecule has 0 radical (unpaired) electrons. The van der Waals surface area contributed by atoms with Gasteiger partial charge in [0.1, 0.15) is 12.2 Å². The number of benzene rings is 3. The summed E-state index contributed by atoms with van der Waals surface area (Å²) in [6, 6.07) is 19.9. The van der Waals surface area contributed by atoms with Crippen molar-refractivity contribution in [2.75, 3.05) is 12.1 Å². The van der Waals surface area contributed by atoms with Crippen molar-refractivity contribution in [2.45, 2.75) is 6.61 Å². The van der Waals surface area contributed by atoms with Gasteiger partial charge in [0.2, 0.25) is 0 Å². The molecule has 1 aliphatic rings. The molecule has 1 N–H and O–H groups in total. The van der Waals surface area contributed by atoms with E-state index in [1.54, 1.807) is 55.7 Å². The molecule has 0 atom stereocenters. The Morgan fingerprint density at radius 3 is 2.47 bits per heavy atom. The van der Waals surface area contributed by atoms with Crippen LogP contribution in [0.1, 0.15) is 11.1 Å². The fourth-order valence-corrected chi connectivity index (χ4v) is 4.09. The van der Waals surface area contributed by atoms with Crippen molar-refractivity contribution in [3.63, 3.8) is 0 Å². The molecule has 0 unspecified atom stereocenters. The standard InChI is InChI=1S/C24H18ClIN2O4/c1-31-21-13-16(12-20(26)22(21)32-14-15-7-9-17(25)10-8-15)11-19-23(29)27-28(24(19)30)18-5-3-2-4-6-18/h2-13H,14H2,1H3,(H,27,29)/b19-11-. The highest BCUT2D eigenvalue weighted by Gasteiger charge is 2.34. The first-order valence-corrected chi connectivity index (χ1v) is 11.1. The fourth-order valence-electron chi connectivity index (χ4n) is 3.18. The van der Waals surface area contributed by atoms with Gasteiger partial charge in [-0.3, -0.25) is 15.0 Å². The van der Waals surface area contributed by atoms with Gasteiger partial charge < -0.3 is 9.47 Å². The largest absolute Gasteiger partial charge is 0.493 e. The highest BCUT2D eigenvalue weighted by atomic mass is 127. The molecule has 1 aliphatic heterocycles. The Balaban J connectivity index is 1.58. The molecule has 2 amide bonds. The average Bonchev–Trinajstić information content (AvgIpc) is 3.08. The lowest BCUT2D eigenvalue weighted by molar-refractivity contribution is -0.117. The van der Waals surface area contributed by atoms with E-state index in [0.717, 1.165) is 9.13 Å². The van der Waals surface area contributed by atoms with Crippen LogP contribution < -0.4 is 19.9 Å². The van der Waals surface area contributed by atoms with Gasteiger partial charge in [-0.05, 0) is 76.2 Å². The third-order valence-corrected chi connectivity index (χ3v) is 5.82. The first-order chi connectivity index (χ1) is 15.5. The minimum absolute atomic E-state index is 0.0431. The molecule has 1 heterocycles. The summed E-state index contributed by atoms with van der Waals surface area (Å²) in [6.07, 6.45) is 1.55. The van der Waals surface area contributed by atoms with E-state index in [9.17, 15) is 9.59 Å². The molecule has 8 heteroatoms. The van der Waals surface area contributed by atoms with Gasteiger partial charge >= 0.3 is 0 Å². The number of hydrogen-bond donors (Lipinski definition) is 1. The van der Waals surface area contributed by atoms with Crippen molar-refractivity contribution < 1.29 is 19.1 Å². The van der Waals surface area contributed by atoms with Crippen molar-refractivity contribution >= 4 is 57.8 Å². The van der Waals surface area contributed by atoms with E-state index < -0.39 is 11.8 Å². The van der Waals surface area contributed by atoms with Gasteiger partial charge in [-0.25, -0.2) is 5.01 Å². The summed E-state index contributed by atoms with van der Waals surface area (Å²) < 4.78 is 12.3. The van der Waals surface area contributed by atoms with Crippen molar-refractivity contribution in [2.24, 2.45) is 0 Å². The van der Waals surface area contributed by atoms with E-state index in [4.69, 9.17) is 21.1 Å². The normalized spacial score (nSPS) is 14.6. The lowest BCUT2D eigenvalue weighted by Crippen LogP contribution is -2.35. The lowest BCUT2D eigenvalue weighted by Gasteiger charge is -2.14. The molecule has 162 valence electrons. The molecule has 0 bridgehead atoms.